The van der Waals surface area contributed by atoms with Gasteiger partial charge in [-0.05, 0) is 55.5 Å². The van der Waals surface area contributed by atoms with Crippen LogP contribution in [-0.4, -0.2) is 33.2 Å². The molecule has 1 aliphatic heterocycles. The molecule has 34 heavy (non-hydrogen) atoms. The average molecular weight is 486 g/mol. The van der Waals surface area contributed by atoms with Crippen LogP contribution >= 0.6 is 0 Å². The fraction of sp³-hybridized carbons (Fsp3) is 0.130. The predicted octanol–water partition coefficient (Wildman–Crippen LogP) is 3.54. The summed E-state index contributed by atoms with van der Waals surface area (Å²) in [5, 5.41) is 2.61. The Morgan fingerprint density at radius 1 is 1.00 bits per heavy atom. The topological polar surface area (TPSA) is 120 Å². The van der Waals surface area contributed by atoms with Gasteiger partial charge in [0.05, 0.1) is 16.1 Å². The summed E-state index contributed by atoms with van der Waals surface area (Å²) in [6.45, 7) is 1.47. The molecule has 2 N–H and O–H groups in total. The monoisotopic (exact) mass is 486 g/mol. The maximum absolute atomic E-state index is 13.1. The fourth-order valence-electron chi connectivity index (χ4n) is 3.06. The molecule has 0 saturated heterocycles. The number of para-hydroxylation sites is 1. The number of sulfonamides is 1. The predicted molar refractivity (Wildman–Crippen MR) is 120 cm³/mol. The standard InChI is InChI=1S/C23H19FN2O7S/c1-14(22(27)25-16-8-11-20-21(12-16)32-13-31-20)33-23(28)18-4-2-3-5-19(18)26-34(29,30)17-9-6-15(24)7-10-17/h2-12,14,26H,13H2,1H3,(H,25,27)/t14-/m1/s1. The van der Waals surface area contributed by atoms with Crippen molar-refractivity contribution in [1.29, 1.82) is 0 Å². The zero-order valence-electron chi connectivity index (χ0n) is 17.8. The van der Waals surface area contributed by atoms with E-state index < -0.39 is 33.8 Å². The highest BCUT2D eigenvalue weighted by Gasteiger charge is 2.24. The third-order valence-electron chi connectivity index (χ3n) is 4.81. The maximum Gasteiger partial charge on any atom is 0.341 e. The molecule has 1 aliphatic rings. The van der Waals surface area contributed by atoms with Gasteiger partial charge in [-0.15, -0.1) is 0 Å². The molecule has 11 heteroatoms. The van der Waals surface area contributed by atoms with Crippen LogP contribution in [-0.2, 0) is 19.6 Å². The van der Waals surface area contributed by atoms with Gasteiger partial charge in [0.15, 0.2) is 17.6 Å². The summed E-state index contributed by atoms with van der Waals surface area (Å²) in [5.74, 6) is -1.07. The summed E-state index contributed by atoms with van der Waals surface area (Å²) in [5.41, 5.74) is 0.265. The number of amides is 1. The van der Waals surface area contributed by atoms with Gasteiger partial charge in [0.2, 0.25) is 6.79 Å². The Kier molecular flexibility index (Phi) is 6.37. The quantitative estimate of drug-likeness (QED) is 0.490. The highest BCUT2D eigenvalue weighted by Crippen LogP contribution is 2.34. The number of carbonyl (C=O) groups is 2. The smallest absolute Gasteiger partial charge is 0.341 e. The van der Waals surface area contributed by atoms with Crippen molar-refractivity contribution < 1.29 is 36.6 Å². The van der Waals surface area contributed by atoms with Gasteiger partial charge < -0.3 is 19.5 Å². The number of anilines is 2. The molecule has 0 saturated carbocycles. The van der Waals surface area contributed by atoms with Crippen LogP contribution in [0.4, 0.5) is 15.8 Å². The van der Waals surface area contributed by atoms with Crippen molar-refractivity contribution in [3.05, 3.63) is 78.1 Å². The van der Waals surface area contributed by atoms with Gasteiger partial charge in [0.1, 0.15) is 5.82 Å². The zero-order valence-corrected chi connectivity index (χ0v) is 18.6. The van der Waals surface area contributed by atoms with Crippen LogP contribution < -0.4 is 19.5 Å². The molecule has 176 valence electrons. The number of hydrogen-bond acceptors (Lipinski definition) is 7. The SMILES string of the molecule is C[C@@H](OC(=O)c1ccccc1NS(=O)(=O)c1ccc(F)cc1)C(=O)Nc1ccc2c(c1)OCO2. The van der Waals surface area contributed by atoms with Crippen LogP contribution in [0.1, 0.15) is 17.3 Å². The minimum Gasteiger partial charge on any atom is -0.454 e. The lowest BCUT2D eigenvalue weighted by Crippen LogP contribution is -2.30. The van der Waals surface area contributed by atoms with Crippen molar-refractivity contribution >= 4 is 33.3 Å². The summed E-state index contributed by atoms with van der Waals surface area (Å²) in [6, 6.07) is 14.8. The largest absolute Gasteiger partial charge is 0.454 e. The molecule has 1 amide bonds. The van der Waals surface area contributed by atoms with E-state index in [0.29, 0.717) is 17.2 Å². The highest BCUT2D eigenvalue weighted by molar-refractivity contribution is 7.92. The molecule has 1 heterocycles. The van der Waals surface area contributed by atoms with Crippen LogP contribution in [0.15, 0.2) is 71.6 Å². The zero-order chi connectivity index (χ0) is 24.3. The maximum atomic E-state index is 13.1. The molecule has 0 spiro atoms. The third-order valence-corrected chi connectivity index (χ3v) is 6.19. The molecular formula is C23H19FN2O7S. The number of carbonyl (C=O) groups excluding carboxylic acids is 2. The van der Waals surface area contributed by atoms with E-state index in [2.05, 4.69) is 10.0 Å². The average Bonchev–Trinajstić information content (AvgIpc) is 3.27. The fourth-order valence-corrected chi connectivity index (χ4v) is 4.14. The minimum atomic E-state index is -4.10. The van der Waals surface area contributed by atoms with Gasteiger partial charge >= 0.3 is 5.97 Å². The number of fused-ring (bicyclic) bond motifs is 1. The van der Waals surface area contributed by atoms with Gasteiger partial charge in [-0.25, -0.2) is 17.6 Å². The second-order valence-electron chi connectivity index (χ2n) is 7.21. The van der Waals surface area contributed by atoms with E-state index in [1.165, 1.54) is 31.2 Å². The molecule has 3 aromatic rings. The van der Waals surface area contributed by atoms with Crippen LogP contribution in [0.2, 0.25) is 0 Å². The van der Waals surface area contributed by atoms with Crippen molar-refractivity contribution in [3.63, 3.8) is 0 Å². The van der Waals surface area contributed by atoms with Crippen molar-refractivity contribution in [2.45, 2.75) is 17.9 Å². The lowest BCUT2D eigenvalue weighted by Gasteiger charge is -2.16. The van der Waals surface area contributed by atoms with Crippen LogP contribution in [0.3, 0.4) is 0 Å². The number of rotatable bonds is 7. The highest BCUT2D eigenvalue weighted by atomic mass is 32.2. The molecule has 4 rings (SSSR count). The van der Waals surface area contributed by atoms with Gasteiger partial charge in [0, 0.05) is 11.8 Å². The summed E-state index contributed by atoms with van der Waals surface area (Å²) < 4.78 is 56.4. The number of halogens is 1. The van der Waals surface area contributed by atoms with Crippen LogP contribution in [0.5, 0.6) is 11.5 Å². The molecule has 0 unspecified atom stereocenters. The lowest BCUT2D eigenvalue weighted by atomic mass is 10.2. The Morgan fingerprint density at radius 2 is 1.71 bits per heavy atom. The van der Waals surface area contributed by atoms with E-state index >= 15 is 0 Å². The Labute approximate surface area is 194 Å². The van der Waals surface area contributed by atoms with E-state index in [9.17, 15) is 22.4 Å². The Hall–Kier alpha value is -4.12. The van der Waals surface area contributed by atoms with E-state index in [0.717, 1.165) is 24.3 Å². The Balaban J connectivity index is 1.45. The van der Waals surface area contributed by atoms with E-state index in [1.54, 1.807) is 18.2 Å². The molecule has 0 fully saturated rings. The Bertz CT molecular complexity index is 1340. The summed E-state index contributed by atoms with van der Waals surface area (Å²) in [4.78, 5) is 25.0. The third kappa shape index (κ3) is 5.09. The second-order valence-corrected chi connectivity index (χ2v) is 8.89. The van der Waals surface area contributed by atoms with Crippen molar-refractivity contribution in [2.75, 3.05) is 16.8 Å². The molecular weight excluding hydrogens is 467 g/mol. The molecule has 0 aromatic heterocycles. The summed E-state index contributed by atoms with van der Waals surface area (Å²) in [7, 11) is -4.10. The lowest BCUT2D eigenvalue weighted by molar-refractivity contribution is -0.123. The molecule has 9 nitrogen and oxygen atoms in total. The van der Waals surface area contributed by atoms with Gasteiger partial charge in [-0.2, -0.15) is 0 Å². The number of hydrogen-bond donors (Lipinski definition) is 2. The van der Waals surface area contributed by atoms with Crippen molar-refractivity contribution in [1.82, 2.24) is 0 Å². The number of benzene rings is 3. The Morgan fingerprint density at radius 3 is 2.47 bits per heavy atom. The van der Waals surface area contributed by atoms with Crippen molar-refractivity contribution in [2.24, 2.45) is 0 Å². The van der Waals surface area contributed by atoms with E-state index in [-0.39, 0.29) is 22.9 Å². The molecule has 1 atom stereocenters. The van der Waals surface area contributed by atoms with Gasteiger partial charge in [-0.1, -0.05) is 12.1 Å². The second kappa shape index (κ2) is 9.40. The first-order valence-electron chi connectivity index (χ1n) is 10.0. The number of ether oxygens (including phenoxy) is 3. The first-order chi connectivity index (χ1) is 16.2. The molecule has 0 bridgehead atoms. The number of nitrogens with one attached hydrogen (secondary N) is 2. The first-order valence-corrected chi connectivity index (χ1v) is 11.5. The first kappa shape index (κ1) is 23.1. The van der Waals surface area contributed by atoms with Gasteiger partial charge in [-0.3, -0.25) is 9.52 Å². The van der Waals surface area contributed by atoms with Crippen molar-refractivity contribution in [3.8, 4) is 11.5 Å². The van der Waals surface area contributed by atoms with E-state index in [4.69, 9.17) is 14.2 Å². The molecule has 0 aliphatic carbocycles. The normalized spacial score (nSPS) is 13.1. The molecule has 3 aromatic carbocycles. The minimum absolute atomic E-state index is 0.0554. The van der Waals surface area contributed by atoms with Crippen LogP contribution in [0, 0.1) is 5.82 Å². The van der Waals surface area contributed by atoms with E-state index in [1.807, 2.05) is 0 Å². The van der Waals surface area contributed by atoms with Gasteiger partial charge in [0.25, 0.3) is 15.9 Å². The molecule has 0 radical (unpaired) electrons. The van der Waals surface area contributed by atoms with Crippen LogP contribution in [0.25, 0.3) is 0 Å². The summed E-state index contributed by atoms with van der Waals surface area (Å²) in [6.07, 6.45) is -1.19. The number of esters is 1. The summed E-state index contributed by atoms with van der Waals surface area (Å²) >= 11 is 0.